The lowest BCUT2D eigenvalue weighted by atomic mass is 10.1. The second-order valence-corrected chi connectivity index (χ2v) is 9.65. The maximum atomic E-state index is 13.6. The van der Waals surface area contributed by atoms with E-state index < -0.39 is 17.6 Å². The number of hydrogen-bond acceptors (Lipinski definition) is 2. The van der Waals surface area contributed by atoms with Gasteiger partial charge in [0.05, 0.1) is 5.56 Å². The maximum Gasteiger partial charge on any atom is 0.416 e. The van der Waals surface area contributed by atoms with Gasteiger partial charge in [0.1, 0.15) is 12.4 Å². The van der Waals surface area contributed by atoms with Crippen molar-refractivity contribution in [3.8, 4) is 0 Å². The molecule has 2 amide bonds. The number of H-pyrrole nitrogens is 1. The first-order chi connectivity index (χ1) is 18.5. The minimum atomic E-state index is -4.51. The molecule has 0 atom stereocenters. The third kappa shape index (κ3) is 6.85. The van der Waals surface area contributed by atoms with Crippen LogP contribution in [-0.4, -0.2) is 45.7 Å². The van der Waals surface area contributed by atoms with Crippen molar-refractivity contribution in [3.63, 3.8) is 0 Å². The Balaban J connectivity index is 1.54. The predicted molar refractivity (Wildman–Crippen MR) is 141 cm³/mol. The van der Waals surface area contributed by atoms with Gasteiger partial charge in [-0.3, -0.25) is 9.59 Å². The number of rotatable bonds is 9. The van der Waals surface area contributed by atoms with Crippen LogP contribution >= 0.6 is 0 Å². The molecule has 0 unspecified atom stereocenters. The number of carbonyl (C=O) groups excluding carboxylic acids is 2. The van der Waals surface area contributed by atoms with Crippen molar-refractivity contribution in [1.29, 1.82) is 0 Å². The molecule has 0 saturated heterocycles. The van der Waals surface area contributed by atoms with E-state index in [1.54, 1.807) is 30.9 Å². The fourth-order valence-electron chi connectivity index (χ4n) is 4.40. The fraction of sp³-hybridized carbons (Fsp3) is 0.267. The average Bonchev–Trinajstić information content (AvgIpc) is 3.32. The smallest absolute Gasteiger partial charge is 0.361 e. The Morgan fingerprint density at radius 1 is 0.923 bits per heavy atom. The standard InChI is InChI=1S/C30H29F4N3O2/c1-20(2)37(29(39)22-9-11-24(12-10-22)30(32,33)34)19-28(38)36(18-21-7-13-25(31)14-8-21)16-15-23-17-35-27-6-4-3-5-26(23)27/h3-14,17,20,35H,15-16,18-19H2,1-2H3. The van der Waals surface area contributed by atoms with Gasteiger partial charge in [0.15, 0.2) is 0 Å². The Morgan fingerprint density at radius 2 is 1.59 bits per heavy atom. The Hall–Kier alpha value is -4.14. The van der Waals surface area contributed by atoms with Crippen LogP contribution in [0.3, 0.4) is 0 Å². The second-order valence-electron chi connectivity index (χ2n) is 9.65. The van der Waals surface area contributed by atoms with E-state index in [4.69, 9.17) is 0 Å². The first-order valence-corrected chi connectivity index (χ1v) is 12.6. The number of amides is 2. The molecule has 0 aliphatic heterocycles. The number of nitrogens with one attached hydrogen (secondary N) is 1. The highest BCUT2D eigenvalue weighted by atomic mass is 19.4. The van der Waals surface area contributed by atoms with Gasteiger partial charge in [0.25, 0.3) is 5.91 Å². The topological polar surface area (TPSA) is 56.4 Å². The van der Waals surface area contributed by atoms with E-state index in [2.05, 4.69) is 4.98 Å². The molecular weight excluding hydrogens is 510 g/mol. The number of carbonyl (C=O) groups is 2. The summed E-state index contributed by atoms with van der Waals surface area (Å²) in [4.78, 5) is 33.0. The van der Waals surface area contributed by atoms with Gasteiger partial charge in [-0.25, -0.2) is 4.39 Å². The lowest BCUT2D eigenvalue weighted by molar-refractivity contribution is -0.137. The van der Waals surface area contributed by atoms with Gasteiger partial charge in [-0.1, -0.05) is 30.3 Å². The molecule has 1 heterocycles. The number of alkyl halides is 3. The summed E-state index contributed by atoms with van der Waals surface area (Å²) in [6, 6.07) is 17.3. The summed E-state index contributed by atoms with van der Waals surface area (Å²) in [5, 5.41) is 1.05. The SMILES string of the molecule is CC(C)N(CC(=O)N(CCc1c[nH]c2ccccc12)Cc1ccc(F)cc1)C(=O)c1ccc(C(F)(F)F)cc1. The van der Waals surface area contributed by atoms with Gasteiger partial charge >= 0.3 is 6.18 Å². The van der Waals surface area contributed by atoms with Gasteiger partial charge in [-0.15, -0.1) is 0 Å². The highest BCUT2D eigenvalue weighted by Crippen LogP contribution is 2.29. The molecule has 0 saturated carbocycles. The van der Waals surface area contributed by atoms with Crippen LogP contribution in [0.5, 0.6) is 0 Å². The van der Waals surface area contributed by atoms with E-state index in [-0.39, 0.29) is 36.4 Å². The third-order valence-electron chi connectivity index (χ3n) is 6.61. The van der Waals surface area contributed by atoms with Crippen LogP contribution in [0.1, 0.15) is 40.9 Å². The first-order valence-electron chi connectivity index (χ1n) is 12.6. The van der Waals surface area contributed by atoms with Crippen molar-refractivity contribution in [2.24, 2.45) is 0 Å². The predicted octanol–water partition coefficient (Wildman–Crippen LogP) is 6.45. The molecular formula is C30H29F4N3O2. The molecule has 0 fully saturated rings. The molecule has 4 rings (SSSR count). The second kappa shape index (κ2) is 11.7. The van der Waals surface area contributed by atoms with Crippen LogP contribution in [0.25, 0.3) is 10.9 Å². The van der Waals surface area contributed by atoms with Crippen LogP contribution in [0.15, 0.2) is 79.0 Å². The van der Waals surface area contributed by atoms with Crippen LogP contribution in [0.2, 0.25) is 0 Å². The van der Waals surface area contributed by atoms with Gasteiger partial charge in [0.2, 0.25) is 5.91 Å². The van der Waals surface area contributed by atoms with Crippen LogP contribution < -0.4 is 0 Å². The summed E-state index contributed by atoms with van der Waals surface area (Å²) in [5.41, 5.74) is 1.96. The van der Waals surface area contributed by atoms with Crippen LogP contribution in [-0.2, 0) is 23.9 Å². The molecule has 4 aromatic rings. The zero-order valence-corrected chi connectivity index (χ0v) is 21.6. The van der Waals surface area contributed by atoms with Crippen molar-refractivity contribution < 1.29 is 27.2 Å². The summed E-state index contributed by atoms with van der Waals surface area (Å²) in [7, 11) is 0. The van der Waals surface area contributed by atoms with Gasteiger partial charge in [0, 0.05) is 41.8 Å². The fourth-order valence-corrected chi connectivity index (χ4v) is 4.40. The first kappa shape index (κ1) is 27.9. The summed E-state index contributed by atoms with van der Waals surface area (Å²) in [6.07, 6.45) is -2.06. The number of para-hydroxylation sites is 1. The van der Waals surface area contributed by atoms with Crippen molar-refractivity contribution >= 4 is 22.7 Å². The van der Waals surface area contributed by atoms with E-state index in [0.29, 0.717) is 13.0 Å². The molecule has 204 valence electrons. The molecule has 39 heavy (non-hydrogen) atoms. The van der Waals surface area contributed by atoms with Gasteiger partial charge in [-0.05, 0) is 73.9 Å². The molecule has 0 bridgehead atoms. The average molecular weight is 540 g/mol. The number of aromatic amines is 1. The molecule has 1 aromatic heterocycles. The lowest BCUT2D eigenvalue weighted by Gasteiger charge is -2.30. The normalized spacial score (nSPS) is 11.7. The minimum Gasteiger partial charge on any atom is -0.361 e. The summed E-state index contributed by atoms with van der Waals surface area (Å²) in [5.74, 6) is -1.25. The van der Waals surface area contributed by atoms with Crippen LogP contribution in [0, 0.1) is 5.82 Å². The van der Waals surface area contributed by atoms with E-state index in [9.17, 15) is 27.2 Å². The number of nitrogens with zero attached hydrogens (tertiary/aromatic N) is 2. The van der Waals surface area contributed by atoms with E-state index in [1.807, 2.05) is 30.5 Å². The Morgan fingerprint density at radius 3 is 2.23 bits per heavy atom. The number of fused-ring (bicyclic) bond motifs is 1. The van der Waals surface area contributed by atoms with Gasteiger partial charge in [-0.2, -0.15) is 13.2 Å². The maximum absolute atomic E-state index is 13.6. The lowest BCUT2D eigenvalue weighted by Crippen LogP contribution is -2.46. The summed E-state index contributed by atoms with van der Waals surface area (Å²) in [6.45, 7) is 3.78. The van der Waals surface area contributed by atoms with E-state index >= 15 is 0 Å². The summed E-state index contributed by atoms with van der Waals surface area (Å²) < 4.78 is 52.4. The highest BCUT2D eigenvalue weighted by Gasteiger charge is 2.31. The molecule has 3 aromatic carbocycles. The number of benzene rings is 3. The van der Waals surface area contributed by atoms with Crippen molar-refractivity contribution in [2.75, 3.05) is 13.1 Å². The quantitative estimate of drug-likeness (QED) is 0.249. The van der Waals surface area contributed by atoms with E-state index in [1.165, 1.54) is 17.0 Å². The number of halogens is 4. The molecule has 0 radical (unpaired) electrons. The van der Waals surface area contributed by atoms with Crippen LogP contribution in [0.4, 0.5) is 17.6 Å². The van der Waals surface area contributed by atoms with Crippen molar-refractivity contribution in [2.45, 2.75) is 39.0 Å². The molecule has 0 aliphatic carbocycles. The van der Waals surface area contributed by atoms with Crippen molar-refractivity contribution in [3.05, 3.63) is 107 Å². The monoisotopic (exact) mass is 539 g/mol. The zero-order valence-electron chi connectivity index (χ0n) is 21.6. The molecule has 9 heteroatoms. The third-order valence-corrected chi connectivity index (χ3v) is 6.61. The Bertz CT molecular complexity index is 1430. The molecule has 1 N–H and O–H groups in total. The molecule has 5 nitrogen and oxygen atoms in total. The van der Waals surface area contributed by atoms with E-state index in [0.717, 1.165) is 46.3 Å². The Labute approximate surface area is 224 Å². The van der Waals surface area contributed by atoms with Crippen molar-refractivity contribution in [1.82, 2.24) is 14.8 Å². The zero-order chi connectivity index (χ0) is 28.2. The molecule has 0 aliphatic rings. The van der Waals surface area contributed by atoms with Gasteiger partial charge < -0.3 is 14.8 Å². The minimum absolute atomic E-state index is 0.0633. The molecule has 0 spiro atoms. The summed E-state index contributed by atoms with van der Waals surface area (Å²) >= 11 is 0. The highest BCUT2D eigenvalue weighted by molar-refractivity contribution is 5.96. The number of aromatic nitrogens is 1. The Kier molecular flexibility index (Phi) is 8.38. The largest absolute Gasteiger partial charge is 0.416 e. The number of hydrogen-bond donors (Lipinski definition) is 1.